The lowest BCUT2D eigenvalue weighted by molar-refractivity contribution is 0.251. The van der Waals surface area contributed by atoms with Crippen LogP contribution in [-0.2, 0) is 13.1 Å². The van der Waals surface area contributed by atoms with Crippen LogP contribution in [0.3, 0.4) is 0 Å². The molecule has 3 rings (SSSR count). The van der Waals surface area contributed by atoms with Crippen molar-refractivity contribution in [2.24, 2.45) is 0 Å². The highest BCUT2D eigenvalue weighted by atomic mass is 16.2. The number of anilines is 1. The maximum Gasteiger partial charge on any atom is 0.320 e. The van der Waals surface area contributed by atoms with Crippen molar-refractivity contribution in [2.45, 2.75) is 13.1 Å². The van der Waals surface area contributed by atoms with Crippen LogP contribution in [0.4, 0.5) is 10.6 Å². The number of nitrogens with zero attached hydrogens (tertiary/aromatic N) is 4. The van der Waals surface area contributed by atoms with E-state index in [1.54, 1.807) is 35.5 Å². The summed E-state index contributed by atoms with van der Waals surface area (Å²) in [7, 11) is 0. The van der Waals surface area contributed by atoms with Crippen LogP contribution in [0.25, 0.3) is 0 Å². The lowest BCUT2D eigenvalue weighted by Crippen LogP contribution is -2.28. The fourth-order valence-electron chi connectivity index (χ4n) is 2.02. The summed E-state index contributed by atoms with van der Waals surface area (Å²) in [4.78, 5) is 20.1. The first-order chi connectivity index (χ1) is 11.3. The van der Waals surface area contributed by atoms with E-state index in [0.29, 0.717) is 18.9 Å². The molecule has 7 heteroatoms. The smallest absolute Gasteiger partial charge is 0.320 e. The van der Waals surface area contributed by atoms with Crippen LogP contribution in [0.1, 0.15) is 11.3 Å². The van der Waals surface area contributed by atoms with E-state index in [9.17, 15) is 4.79 Å². The van der Waals surface area contributed by atoms with E-state index in [-0.39, 0.29) is 6.03 Å². The summed E-state index contributed by atoms with van der Waals surface area (Å²) in [5.41, 5.74) is 1.84. The van der Waals surface area contributed by atoms with Gasteiger partial charge in [-0.3, -0.25) is 20.0 Å². The molecule has 0 saturated carbocycles. The molecule has 0 saturated heterocycles. The van der Waals surface area contributed by atoms with E-state index < -0.39 is 0 Å². The van der Waals surface area contributed by atoms with Crippen molar-refractivity contribution in [3.8, 4) is 0 Å². The predicted octanol–water partition coefficient (Wildman–Crippen LogP) is 2.04. The largest absolute Gasteiger partial charge is 0.334 e. The minimum atomic E-state index is -0.308. The number of nitrogens with one attached hydrogen (secondary N) is 2. The standard InChI is InChI=1S/C16H16N6O/c23-16(19-11-13-4-3-7-17-10-13)20-15-6-9-22(21-15)12-14-5-1-2-8-18-14/h1-10H,11-12H2,(H2,19,20,21,23). The van der Waals surface area contributed by atoms with Crippen molar-refractivity contribution >= 4 is 11.8 Å². The summed E-state index contributed by atoms with van der Waals surface area (Å²) >= 11 is 0. The number of rotatable bonds is 5. The fourth-order valence-corrected chi connectivity index (χ4v) is 2.02. The first kappa shape index (κ1) is 14.7. The van der Waals surface area contributed by atoms with Crippen LogP contribution in [0, 0.1) is 0 Å². The number of amides is 2. The highest BCUT2D eigenvalue weighted by Crippen LogP contribution is 2.05. The Bertz CT molecular complexity index is 757. The van der Waals surface area contributed by atoms with Gasteiger partial charge >= 0.3 is 6.03 Å². The number of urea groups is 1. The van der Waals surface area contributed by atoms with Crippen molar-refractivity contribution in [3.05, 3.63) is 72.4 Å². The van der Waals surface area contributed by atoms with Crippen LogP contribution in [0.5, 0.6) is 0 Å². The first-order valence-corrected chi connectivity index (χ1v) is 7.17. The molecule has 0 fully saturated rings. The summed E-state index contributed by atoms with van der Waals surface area (Å²) in [6.45, 7) is 0.966. The third-order valence-corrected chi connectivity index (χ3v) is 3.11. The Hall–Kier alpha value is -3.22. The van der Waals surface area contributed by atoms with Crippen LogP contribution >= 0.6 is 0 Å². The number of aromatic nitrogens is 4. The van der Waals surface area contributed by atoms with Gasteiger partial charge in [-0.15, -0.1) is 0 Å². The van der Waals surface area contributed by atoms with Crippen molar-refractivity contribution in [3.63, 3.8) is 0 Å². The molecule has 0 unspecified atom stereocenters. The zero-order valence-electron chi connectivity index (χ0n) is 12.4. The minimum absolute atomic E-state index is 0.308. The van der Waals surface area contributed by atoms with Gasteiger partial charge in [0, 0.05) is 37.4 Å². The highest BCUT2D eigenvalue weighted by molar-refractivity contribution is 5.88. The maximum absolute atomic E-state index is 11.8. The Morgan fingerprint density at radius 1 is 1.13 bits per heavy atom. The van der Waals surface area contributed by atoms with E-state index in [1.807, 2.05) is 30.3 Å². The molecule has 0 aliphatic carbocycles. The Balaban J connectivity index is 1.51. The second kappa shape index (κ2) is 7.17. The van der Waals surface area contributed by atoms with Gasteiger partial charge in [-0.1, -0.05) is 12.1 Å². The van der Waals surface area contributed by atoms with Crippen LogP contribution in [0.2, 0.25) is 0 Å². The van der Waals surface area contributed by atoms with E-state index >= 15 is 0 Å². The van der Waals surface area contributed by atoms with Gasteiger partial charge in [0.25, 0.3) is 0 Å². The van der Waals surface area contributed by atoms with Gasteiger partial charge < -0.3 is 5.32 Å². The molecule has 3 aromatic rings. The second-order valence-corrected chi connectivity index (χ2v) is 4.89. The average molecular weight is 308 g/mol. The van der Waals surface area contributed by atoms with Crippen molar-refractivity contribution in [1.82, 2.24) is 25.1 Å². The molecule has 0 aliphatic heterocycles. The van der Waals surface area contributed by atoms with Gasteiger partial charge in [0.1, 0.15) is 0 Å². The summed E-state index contributed by atoms with van der Waals surface area (Å²) in [6.07, 6.45) is 6.94. The molecule has 3 heterocycles. The van der Waals surface area contributed by atoms with Crippen LogP contribution < -0.4 is 10.6 Å². The van der Waals surface area contributed by atoms with Crippen molar-refractivity contribution in [1.29, 1.82) is 0 Å². The topological polar surface area (TPSA) is 84.7 Å². The summed E-state index contributed by atoms with van der Waals surface area (Å²) in [5, 5.41) is 9.74. The number of carbonyl (C=O) groups is 1. The van der Waals surface area contributed by atoms with Crippen molar-refractivity contribution < 1.29 is 4.79 Å². The number of hydrogen-bond acceptors (Lipinski definition) is 4. The normalized spacial score (nSPS) is 10.3. The Morgan fingerprint density at radius 2 is 2.09 bits per heavy atom. The maximum atomic E-state index is 11.8. The quantitative estimate of drug-likeness (QED) is 0.755. The van der Waals surface area contributed by atoms with Crippen molar-refractivity contribution in [2.75, 3.05) is 5.32 Å². The minimum Gasteiger partial charge on any atom is -0.334 e. The number of hydrogen-bond donors (Lipinski definition) is 2. The van der Waals surface area contributed by atoms with Gasteiger partial charge in [0.15, 0.2) is 5.82 Å². The average Bonchev–Trinajstić information content (AvgIpc) is 3.02. The molecule has 0 bridgehead atoms. The number of carbonyl (C=O) groups excluding carboxylic acids is 1. The molecular formula is C16H16N6O. The molecule has 0 atom stereocenters. The molecule has 0 aromatic carbocycles. The molecule has 23 heavy (non-hydrogen) atoms. The molecule has 116 valence electrons. The van der Waals surface area contributed by atoms with Gasteiger partial charge in [-0.25, -0.2) is 4.79 Å². The molecule has 2 amide bonds. The molecule has 0 spiro atoms. The van der Waals surface area contributed by atoms with Gasteiger partial charge in [-0.05, 0) is 23.8 Å². The van der Waals surface area contributed by atoms with Crippen LogP contribution in [-0.4, -0.2) is 25.8 Å². The second-order valence-electron chi connectivity index (χ2n) is 4.89. The monoisotopic (exact) mass is 308 g/mol. The first-order valence-electron chi connectivity index (χ1n) is 7.17. The molecule has 0 radical (unpaired) electrons. The number of pyridine rings is 2. The third kappa shape index (κ3) is 4.37. The fraction of sp³-hybridized carbons (Fsp3) is 0.125. The lowest BCUT2D eigenvalue weighted by Gasteiger charge is -2.05. The van der Waals surface area contributed by atoms with E-state index in [0.717, 1.165) is 11.3 Å². The third-order valence-electron chi connectivity index (χ3n) is 3.11. The summed E-state index contributed by atoms with van der Waals surface area (Å²) in [5.74, 6) is 0.490. The van der Waals surface area contributed by atoms with E-state index in [1.165, 1.54) is 0 Å². The highest BCUT2D eigenvalue weighted by Gasteiger charge is 2.05. The molecule has 0 aliphatic rings. The summed E-state index contributed by atoms with van der Waals surface area (Å²) < 4.78 is 1.72. The summed E-state index contributed by atoms with van der Waals surface area (Å²) in [6, 6.07) is 10.9. The van der Waals surface area contributed by atoms with Crippen LogP contribution in [0.15, 0.2) is 61.2 Å². The molecular weight excluding hydrogens is 292 g/mol. The SMILES string of the molecule is O=C(NCc1cccnc1)Nc1ccn(Cc2ccccn2)n1. The predicted molar refractivity (Wildman–Crippen MR) is 85.7 cm³/mol. The molecule has 3 aromatic heterocycles. The van der Waals surface area contributed by atoms with E-state index in [2.05, 4.69) is 25.7 Å². The van der Waals surface area contributed by atoms with Gasteiger partial charge in [0.2, 0.25) is 0 Å². The molecule has 2 N–H and O–H groups in total. The molecule has 7 nitrogen and oxygen atoms in total. The van der Waals surface area contributed by atoms with E-state index in [4.69, 9.17) is 0 Å². The van der Waals surface area contributed by atoms with Gasteiger partial charge in [-0.2, -0.15) is 5.10 Å². The Labute approximate surface area is 133 Å². The van der Waals surface area contributed by atoms with Gasteiger partial charge in [0.05, 0.1) is 12.2 Å². The Morgan fingerprint density at radius 3 is 2.87 bits per heavy atom. The zero-order chi connectivity index (χ0) is 15.9. The zero-order valence-corrected chi connectivity index (χ0v) is 12.4. The lowest BCUT2D eigenvalue weighted by atomic mass is 10.3. The Kier molecular flexibility index (Phi) is 4.58.